The summed E-state index contributed by atoms with van der Waals surface area (Å²) in [4.78, 5) is 11.4. The molecule has 0 aliphatic carbocycles. The summed E-state index contributed by atoms with van der Waals surface area (Å²) in [5, 5.41) is 1.06. The normalized spacial score (nSPS) is 10.3. The average molecular weight is 309 g/mol. The van der Waals surface area contributed by atoms with Gasteiger partial charge in [-0.2, -0.15) is 0 Å². The van der Waals surface area contributed by atoms with Crippen molar-refractivity contribution in [2.24, 2.45) is 0 Å². The third kappa shape index (κ3) is 3.75. The first kappa shape index (κ1) is 14.9. The molecule has 0 saturated heterocycles. The first-order valence-electron chi connectivity index (χ1n) is 6.30. The van der Waals surface area contributed by atoms with Crippen LogP contribution < -0.4 is 0 Å². The Morgan fingerprint density at radius 3 is 2.25 bits per heavy atom. The Hall–Kier alpha value is -1.51. The predicted molar refractivity (Wildman–Crippen MR) is 82.2 cm³/mol. The lowest BCUT2D eigenvalue weighted by Crippen LogP contribution is -2.07. The largest absolute Gasteiger partial charge is 0.466 e. The van der Waals surface area contributed by atoms with Crippen LogP contribution in [-0.2, 0) is 16.0 Å². The van der Waals surface area contributed by atoms with Gasteiger partial charge in [-0.25, -0.2) is 0 Å². The molecule has 2 aromatic rings. The van der Waals surface area contributed by atoms with Crippen LogP contribution in [0.3, 0.4) is 0 Å². The smallest absolute Gasteiger partial charge is 0.310 e. The molecule has 0 unspecified atom stereocenters. The zero-order valence-electron chi connectivity index (χ0n) is 11.0. The molecule has 0 spiro atoms. The number of benzene rings is 2. The number of ether oxygens (including phenoxy) is 1. The Balaban J connectivity index is 2.15. The molecule has 0 amide bonds. The van der Waals surface area contributed by atoms with E-state index in [1.54, 1.807) is 13.0 Å². The van der Waals surface area contributed by atoms with Crippen molar-refractivity contribution < 1.29 is 9.53 Å². The summed E-state index contributed by atoms with van der Waals surface area (Å²) in [7, 11) is 0. The molecule has 0 radical (unpaired) electrons. The van der Waals surface area contributed by atoms with Crippen LogP contribution in [0.15, 0.2) is 42.5 Å². The van der Waals surface area contributed by atoms with Crippen molar-refractivity contribution in [1.82, 2.24) is 0 Å². The summed E-state index contributed by atoms with van der Waals surface area (Å²) < 4.78 is 4.92. The fraction of sp³-hybridized carbons (Fsp3) is 0.188. The van der Waals surface area contributed by atoms with Gasteiger partial charge in [-0.1, -0.05) is 53.5 Å². The Kier molecular flexibility index (Phi) is 5.05. The maximum atomic E-state index is 11.4. The summed E-state index contributed by atoms with van der Waals surface area (Å²) in [5.41, 5.74) is 2.94. The molecular weight excluding hydrogens is 295 g/mol. The highest BCUT2D eigenvalue weighted by atomic mass is 35.5. The van der Waals surface area contributed by atoms with Gasteiger partial charge < -0.3 is 4.74 Å². The van der Waals surface area contributed by atoms with E-state index in [4.69, 9.17) is 27.9 Å². The second kappa shape index (κ2) is 6.78. The predicted octanol–water partition coefficient (Wildman–Crippen LogP) is 4.77. The average Bonchev–Trinajstić information content (AvgIpc) is 2.43. The second-order valence-corrected chi connectivity index (χ2v) is 5.12. The number of halogens is 2. The summed E-state index contributed by atoms with van der Waals surface area (Å²) >= 11 is 11.9. The molecule has 4 heteroatoms. The minimum Gasteiger partial charge on any atom is -0.466 e. The van der Waals surface area contributed by atoms with Gasteiger partial charge in [0.25, 0.3) is 0 Å². The number of rotatable bonds is 4. The molecule has 104 valence electrons. The Morgan fingerprint density at radius 2 is 1.65 bits per heavy atom. The second-order valence-electron chi connectivity index (χ2n) is 4.31. The zero-order valence-corrected chi connectivity index (χ0v) is 12.5. The number of carbonyl (C=O) groups is 1. The minimum absolute atomic E-state index is 0.213. The lowest BCUT2D eigenvalue weighted by molar-refractivity contribution is -0.142. The Labute approximate surface area is 128 Å². The number of esters is 1. The van der Waals surface area contributed by atoms with Gasteiger partial charge in [0.2, 0.25) is 0 Å². The van der Waals surface area contributed by atoms with Gasteiger partial charge in [-0.3, -0.25) is 4.79 Å². The van der Waals surface area contributed by atoms with Crippen LogP contribution >= 0.6 is 23.2 Å². The van der Waals surface area contributed by atoms with Crippen LogP contribution in [0.5, 0.6) is 0 Å². The van der Waals surface area contributed by atoms with Crippen molar-refractivity contribution in [3.05, 3.63) is 58.1 Å². The SMILES string of the molecule is CCOC(=O)Cc1ccc(-c2ccc(Cl)c(Cl)c2)cc1. The molecule has 20 heavy (non-hydrogen) atoms. The highest BCUT2D eigenvalue weighted by molar-refractivity contribution is 6.42. The summed E-state index contributed by atoms with van der Waals surface area (Å²) in [5.74, 6) is -0.213. The summed E-state index contributed by atoms with van der Waals surface area (Å²) in [6, 6.07) is 13.2. The van der Waals surface area contributed by atoms with Gasteiger partial charge in [-0.05, 0) is 35.7 Å². The molecule has 0 saturated carbocycles. The van der Waals surface area contributed by atoms with Gasteiger partial charge in [-0.15, -0.1) is 0 Å². The zero-order chi connectivity index (χ0) is 14.5. The Bertz CT molecular complexity index is 606. The van der Waals surface area contributed by atoms with Gasteiger partial charge >= 0.3 is 5.97 Å². The molecule has 0 aliphatic rings. The third-order valence-electron chi connectivity index (χ3n) is 2.86. The number of hydrogen-bond acceptors (Lipinski definition) is 2. The lowest BCUT2D eigenvalue weighted by Gasteiger charge is -2.06. The van der Waals surface area contributed by atoms with E-state index in [-0.39, 0.29) is 12.4 Å². The quantitative estimate of drug-likeness (QED) is 0.761. The first-order valence-corrected chi connectivity index (χ1v) is 7.05. The highest BCUT2D eigenvalue weighted by Gasteiger charge is 2.05. The first-order chi connectivity index (χ1) is 9.60. The molecule has 0 atom stereocenters. The maximum absolute atomic E-state index is 11.4. The number of hydrogen-bond donors (Lipinski definition) is 0. The van der Waals surface area contributed by atoms with E-state index >= 15 is 0 Å². The fourth-order valence-corrected chi connectivity index (χ4v) is 2.17. The standard InChI is InChI=1S/C16H14Cl2O2/c1-2-20-16(19)9-11-3-5-12(6-4-11)13-7-8-14(17)15(18)10-13/h3-8,10H,2,9H2,1H3. The van der Waals surface area contributed by atoms with Crippen LogP contribution in [0.2, 0.25) is 10.0 Å². The van der Waals surface area contributed by atoms with Crippen LogP contribution in [0, 0.1) is 0 Å². The van der Waals surface area contributed by atoms with Crippen molar-refractivity contribution >= 4 is 29.2 Å². The van der Waals surface area contributed by atoms with E-state index < -0.39 is 0 Å². The van der Waals surface area contributed by atoms with Crippen molar-refractivity contribution in [1.29, 1.82) is 0 Å². The molecule has 0 fully saturated rings. The van der Waals surface area contributed by atoms with Gasteiger partial charge in [0.15, 0.2) is 0 Å². The van der Waals surface area contributed by atoms with Crippen molar-refractivity contribution in [2.45, 2.75) is 13.3 Å². The van der Waals surface area contributed by atoms with Gasteiger partial charge in [0.05, 0.1) is 23.1 Å². The van der Waals surface area contributed by atoms with E-state index in [2.05, 4.69) is 0 Å². The third-order valence-corrected chi connectivity index (χ3v) is 3.60. The number of carbonyl (C=O) groups excluding carboxylic acids is 1. The molecule has 0 aromatic heterocycles. The highest BCUT2D eigenvalue weighted by Crippen LogP contribution is 2.28. The van der Waals surface area contributed by atoms with Crippen LogP contribution in [0.25, 0.3) is 11.1 Å². The van der Waals surface area contributed by atoms with E-state index in [1.165, 1.54) is 0 Å². The van der Waals surface area contributed by atoms with Crippen LogP contribution in [0.4, 0.5) is 0 Å². The van der Waals surface area contributed by atoms with Gasteiger partial charge in [0, 0.05) is 0 Å². The summed E-state index contributed by atoms with van der Waals surface area (Å²) in [6.07, 6.45) is 0.287. The summed E-state index contributed by atoms with van der Waals surface area (Å²) in [6.45, 7) is 2.20. The molecular formula is C16H14Cl2O2. The minimum atomic E-state index is -0.213. The fourth-order valence-electron chi connectivity index (χ4n) is 1.87. The van der Waals surface area contributed by atoms with Crippen molar-refractivity contribution in [3.8, 4) is 11.1 Å². The Morgan fingerprint density at radius 1 is 1.00 bits per heavy atom. The molecule has 0 heterocycles. The van der Waals surface area contributed by atoms with Crippen molar-refractivity contribution in [3.63, 3.8) is 0 Å². The van der Waals surface area contributed by atoms with Crippen molar-refractivity contribution in [2.75, 3.05) is 6.61 Å². The van der Waals surface area contributed by atoms with Crippen LogP contribution in [-0.4, -0.2) is 12.6 Å². The topological polar surface area (TPSA) is 26.3 Å². The van der Waals surface area contributed by atoms with E-state index in [0.29, 0.717) is 16.7 Å². The lowest BCUT2D eigenvalue weighted by atomic mass is 10.0. The van der Waals surface area contributed by atoms with E-state index in [1.807, 2.05) is 36.4 Å². The molecule has 2 rings (SSSR count). The molecule has 0 bridgehead atoms. The maximum Gasteiger partial charge on any atom is 0.310 e. The molecule has 0 aliphatic heterocycles. The van der Waals surface area contributed by atoms with Gasteiger partial charge in [0.1, 0.15) is 0 Å². The molecule has 2 aromatic carbocycles. The monoisotopic (exact) mass is 308 g/mol. The van der Waals surface area contributed by atoms with E-state index in [9.17, 15) is 4.79 Å². The molecule has 0 N–H and O–H groups in total. The molecule has 2 nitrogen and oxygen atoms in total. The van der Waals surface area contributed by atoms with Crippen LogP contribution in [0.1, 0.15) is 12.5 Å². The van der Waals surface area contributed by atoms with E-state index in [0.717, 1.165) is 16.7 Å².